The highest BCUT2D eigenvalue weighted by atomic mass is 16.5. The number of ketones is 1. The molecular weight excluding hydrogens is 432 g/mol. The quantitative estimate of drug-likeness (QED) is 0.266. The lowest BCUT2D eigenvalue weighted by Gasteiger charge is -2.17. The van der Waals surface area contributed by atoms with E-state index in [1.165, 1.54) is 24.0 Å². The summed E-state index contributed by atoms with van der Waals surface area (Å²) < 4.78 is 6.22. The van der Waals surface area contributed by atoms with E-state index in [-0.39, 0.29) is 5.78 Å². The van der Waals surface area contributed by atoms with Gasteiger partial charge in [-0.2, -0.15) is 0 Å². The average Bonchev–Trinajstić information content (AvgIpc) is 3.37. The van der Waals surface area contributed by atoms with Crippen LogP contribution in [0.5, 0.6) is 5.75 Å². The number of hydrogen-bond acceptors (Lipinski definition) is 4. The molecule has 4 heteroatoms. The summed E-state index contributed by atoms with van der Waals surface area (Å²) in [6.45, 7) is 6.73. The minimum Gasteiger partial charge on any atom is -0.492 e. The molecule has 4 rings (SSSR count). The van der Waals surface area contributed by atoms with Gasteiger partial charge in [-0.25, -0.2) is 0 Å². The summed E-state index contributed by atoms with van der Waals surface area (Å²) >= 11 is 0. The van der Waals surface area contributed by atoms with Gasteiger partial charge in [0.1, 0.15) is 12.4 Å². The Bertz CT molecular complexity index is 1180. The van der Waals surface area contributed by atoms with Crippen LogP contribution in [0.3, 0.4) is 0 Å². The molecule has 182 valence electrons. The molecule has 1 heterocycles. The van der Waals surface area contributed by atoms with Gasteiger partial charge in [0.25, 0.3) is 0 Å². The molecule has 3 aromatic carbocycles. The third-order valence-electron chi connectivity index (χ3n) is 6.51. The number of carbonyl (C=O) groups excluding carboxylic acids is 1. The minimum atomic E-state index is 0.00626. The summed E-state index contributed by atoms with van der Waals surface area (Å²) in [7, 11) is 4.03. The van der Waals surface area contributed by atoms with Crippen LogP contribution in [-0.2, 0) is 6.54 Å². The Morgan fingerprint density at radius 1 is 1.00 bits per heavy atom. The Balaban J connectivity index is 1.60. The molecule has 0 atom stereocenters. The van der Waals surface area contributed by atoms with E-state index in [4.69, 9.17) is 4.74 Å². The second-order valence-electron chi connectivity index (χ2n) is 9.56. The van der Waals surface area contributed by atoms with Gasteiger partial charge in [-0.3, -0.25) is 9.69 Å². The maximum Gasteiger partial charge on any atom is 0.186 e. The Morgan fingerprint density at radius 3 is 2.51 bits per heavy atom. The number of carbonyl (C=O) groups is 1. The highest BCUT2D eigenvalue weighted by Crippen LogP contribution is 2.30. The number of allylic oxidation sites excluding steroid dienone is 1. The van der Waals surface area contributed by atoms with E-state index in [1.54, 1.807) is 6.08 Å². The van der Waals surface area contributed by atoms with Crippen molar-refractivity contribution in [1.29, 1.82) is 0 Å². The van der Waals surface area contributed by atoms with E-state index in [0.29, 0.717) is 6.61 Å². The van der Waals surface area contributed by atoms with Crippen molar-refractivity contribution in [2.45, 2.75) is 26.3 Å². The number of hydrogen-bond donors (Lipinski definition) is 0. The first-order valence-electron chi connectivity index (χ1n) is 12.5. The topological polar surface area (TPSA) is 32.8 Å². The zero-order valence-corrected chi connectivity index (χ0v) is 21.2. The molecule has 0 amide bonds. The van der Waals surface area contributed by atoms with Crippen LogP contribution in [0, 0.1) is 6.92 Å². The van der Waals surface area contributed by atoms with Gasteiger partial charge in [-0.15, -0.1) is 0 Å². The Morgan fingerprint density at radius 2 is 1.74 bits per heavy atom. The van der Waals surface area contributed by atoms with Gasteiger partial charge in [-0.05, 0) is 93.5 Å². The van der Waals surface area contributed by atoms with Crippen LogP contribution in [0.25, 0.3) is 17.2 Å². The normalized spacial score (nSPS) is 14.2. The first-order valence-corrected chi connectivity index (χ1v) is 12.5. The zero-order chi connectivity index (χ0) is 24.6. The number of likely N-dealkylation sites (tertiary alicyclic amines) is 1. The third kappa shape index (κ3) is 6.68. The van der Waals surface area contributed by atoms with Crippen LogP contribution in [0.4, 0.5) is 0 Å². The summed E-state index contributed by atoms with van der Waals surface area (Å²) in [5.74, 6) is 0.818. The molecule has 0 aromatic heterocycles. The fourth-order valence-electron chi connectivity index (χ4n) is 4.66. The van der Waals surface area contributed by atoms with Gasteiger partial charge in [0.05, 0.1) is 0 Å². The third-order valence-corrected chi connectivity index (χ3v) is 6.51. The SMILES string of the molecule is Cc1ccccc1-c1ccc(OCCN2CCCC2)c(C=CC(=O)c2ccccc2CN(C)C)c1. The standard InChI is InChI=1S/C31H36N2O2/c1-24-10-4-6-12-28(24)25-15-17-31(35-21-20-33-18-8-9-19-33)26(22-25)14-16-30(34)29-13-7-5-11-27(29)23-32(2)3/h4-7,10-17,22H,8-9,18-21,23H2,1-3H3. The van der Waals surface area contributed by atoms with Crippen LogP contribution >= 0.6 is 0 Å². The van der Waals surface area contributed by atoms with Gasteiger partial charge < -0.3 is 9.64 Å². The lowest BCUT2D eigenvalue weighted by atomic mass is 9.97. The molecule has 0 N–H and O–H groups in total. The number of aryl methyl sites for hydroxylation is 1. The molecule has 1 aliphatic heterocycles. The molecule has 1 aliphatic rings. The molecule has 0 radical (unpaired) electrons. The van der Waals surface area contributed by atoms with Crippen molar-refractivity contribution in [2.75, 3.05) is 40.3 Å². The second kappa shape index (κ2) is 12.0. The van der Waals surface area contributed by atoms with Crippen molar-refractivity contribution in [2.24, 2.45) is 0 Å². The van der Waals surface area contributed by atoms with Gasteiger partial charge in [0.15, 0.2) is 5.78 Å². The number of nitrogens with zero attached hydrogens (tertiary/aromatic N) is 2. The fraction of sp³-hybridized carbons (Fsp3) is 0.323. The van der Waals surface area contributed by atoms with Gasteiger partial charge >= 0.3 is 0 Å². The molecule has 0 saturated carbocycles. The minimum absolute atomic E-state index is 0.00626. The van der Waals surface area contributed by atoms with Crippen molar-refractivity contribution >= 4 is 11.9 Å². The summed E-state index contributed by atoms with van der Waals surface area (Å²) in [6.07, 6.45) is 6.13. The number of rotatable bonds is 10. The predicted octanol–water partition coefficient (Wildman–Crippen LogP) is 6.09. The molecule has 0 bridgehead atoms. The molecule has 3 aromatic rings. The van der Waals surface area contributed by atoms with Gasteiger partial charge in [0.2, 0.25) is 0 Å². The molecule has 0 spiro atoms. The monoisotopic (exact) mass is 468 g/mol. The van der Waals surface area contributed by atoms with E-state index in [1.807, 2.05) is 50.5 Å². The van der Waals surface area contributed by atoms with Gasteiger partial charge in [-0.1, -0.05) is 54.6 Å². The van der Waals surface area contributed by atoms with E-state index in [9.17, 15) is 4.79 Å². The molecule has 1 saturated heterocycles. The van der Waals surface area contributed by atoms with E-state index in [0.717, 1.165) is 54.2 Å². The van der Waals surface area contributed by atoms with Crippen LogP contribution in [0.2, 0.25) is 0 Å². The first-order chi connectivity index (χ1) is 17.0. The van der Waals surface area contributed by atoms with Crippen LogP contribution in [0.15, 0.2) is 72.8 Å². The van der Waals surface area contributed by atoms with Crippen molar-refractivity contribution in [3.63, 3.8) is 0 Å². The lowest BCUT2D eigenvalue weighted by Crippen LogP contribution is -2.25. The average molecular weight is 469 g/mol. The highest BCUT2D eigenvalue weighted by molar-refractivity contribution is 6.08. The van der Waals surface area contributed by atoms with Gasteiger partial charge in [0, 0.05) is 24.2 Å². The summed E-state index contributed by atoms with van der Waals surface area (Å²) in [5.41, 5.74) is 6.22. The van der Waals surface area contributed by atoms with E-state index < -0.39 is 0 Å². The summed E-state index contributed by atoms with van der Waals surface area (Å²) in [6, 6.07) is 22.5. The first kappa shape index (κ1) is 24.9. The van der Waals surface area contributed by atoms with Crippen molar-refractivity contribution < 1.29 is 9.53 Å². The predicted molar refractivity (Wildman–Crippen MR) is 145 cm³/mol. The Kier molecular flexibility index (Phi) is 8.51. The van der Waals surface area contributed by atoms with Crippen molar-refractivity contribution in [1.82, 2.24) is 9.80 Å². The summed E-state index contributed by atoms with van der Waals surface area (Å²) in [4.78, 5) is 17.7. The highest BCUT2D eigenvalue weighted by Gasteiger charge is 2.13. The summed E-state index contributed by atoms with van der Waals surface area (Å²) in [5, 5.41) is 0. The van der Waals surface area contributed by atoms with Crippen molar-refractivity contribution in [3.05, 3.63) is 95.1 Å². The maximum atomic E-state index is 13.2. The molecule has 4 nitrogen and oxygen atoms in total. The van der Waals surface area contributed by atoms with Crippen LogP contribution in [-0.4, -0.2) is 55.9 Å². The molecule has 0 aliphatic carbocycles. The molecule has 0 unspecified atom stereocenters. The van der Waals surface area contributed by atoms with Crippen LogP contribution < -0.4 is 4.74 Å². The van der Waals surface area contributed by atoms with Crippen molar-refractivity contribution in [3.8, 4) is 16.9 Å². The number of benzene rings is 3. The second-order valence-corrected chi connectivity index (χ2v) is 9.56. The largest absolute Gasteiger partial charge is 0.492 e. The fourth-order valence-corrected chi connectivity index (χ4v) is 4.66. The number of ether oxygens (including phenoxy) is 1. The molecule has 1 fully saturated rings. The Labute approximate surface area is 209 Å². The lowest BCUT2D eigenvalue weighted by molar-refractivity contribution is 0.104. The van der Waals surface area contributed by atoms with Crippen LogP contribution in [0.1, 0.15) is 39.9 Å². The van der Waals surface area contributed by atoms with E-state index >= 15 is 0 Å². The zero-order valence-electron chi connectivity index (χ0n) is 21.2. The molecular formula is C31H36N2O2. The smallest absolute Gasteiger partial charge is 0.186 e. The maximum absolute atomic E-state index is 13.2. The van der Waals surface area contributed by atoms with E-state index in [2.05, 4.69) is 53.1 Å². The molecule has 35 heavy (non-hydrogen) atoms. The Hall–Kier alpha value is -3.21.